The topological polar surface area (TPSA) is 25.8 Å². The van der Waals surface area contributed by atoms with Crippen LogP contribution < -0.4 is 0 Å². The van der Waals surface area contributed by atoms with Crippen molar-refractivity contribution in [2.24, 2.45) is 0 Å². The number of benzene rings is 8. The van der Waals surface area contributed by atoms with Gasteiger partial charge in [-0.25, -0.2) is 9.97 Å². The molecule has 8 aromatic carbocycles. The first-order valence-electron chi connectivity index (χ1n) is 17.2. The van der Waals surface area contributed by atoms with Gasteiger partial charge in [0.05, 0.1) is 11.4 Å². The van der Waals surface area contributed by atoms with Crippen molar-refractivity contribution in [2.75, 3.05) is 0 Å². The zero-order valence-corrected chi connectivity index (χ0v) is 28.4. The molecule has 51 heavy (non-hydrogen) atoms. The van der Waals surface area contributed by atoms with E-state index in [1.54, 1.807) is 0 Å². The molecule has 0 atom stereocenters. The molecule has 0 aliphatic rings. The minimum Gasteiger partial charge on any atom is -0.228 e. The summed E-state index contributed by atoms with van der Waals surface area (Å²) in [5, 5.41) is 7.78. The van der Waals surface area contributed by atoms with Crippen molar-refractivity contribution in [1.29, 1.82) is 0 Å². The Morgan fingerprint density at radius 3 is 1.67 bits per heavy atom. The van der Waals surface area contributed by atoms with E-state index in [1.165, 1.54) is 52.8 Å². The fourth-order valence-electron chi connectivity index (χ4n) is 7.35. The van der Waals surface area contributed by atoms with Crippen molar-refractivity contribution in [2.45, 2.75) is 0 Å². The van der Waals surface area contributed by atoms with E-state index in [4.69, 9.17) is 9.97 Å². The Labute approximate surface area is 300 Å². The Morgan fingerprint density at radius 2 is 0.902 bits per heavy atom. The second-order valence-electron chi connectivity index (χ2n) is 13.0. The van der Waals surface area contributed by atoms with E-state index >= 15 is 0 Å². The van der Waals surface area contributed by atoms with Crippen molar-refractivity contribution < 1.29 is 0 Å². The Balaban J connectivity index is 1.20. The number of thiophene rings is 1. The Morgan fingerprint density at radius 1 is 0.314 bits per heavy atom. The summed E-state index contributed by atoms with van der Waals surface area (Å²) in [6.07, 6.45) is 0. The zero-order chi connectivity index (χ0) is 33.7. The van der Waals surface area contributed by atoms with Crippen molar-refractivity contribution >= 4 is 53.1 Å². The molecule has 0 saturated heterocycles. The molecule has 238 valence electrons. The first-order chi connectivity index (χ1) is 25.2. The van der Waals surface area contributed by atoms with Crippen molar-refractivity contribution in [3.8, 4) is 56.2 Å². The molecular formula is C48H30N2S. The average Bonchev–Trinajstić information content (AvgIpc) is 3.60. The lowest BCUT2D eigenvalue weighted by Crippen LogP contribution is -1.96. The van der Waals surface area contributed by atoms with Crippen LogP contribution in [0.4, 0.5) is 0 Å². The number of aromatic nitrogens is 2. The van der Waals surface area contributed by atoms with E-state index in [0.717, 1.165) is 39.2 Å². The van der Waals surface area contributed by atoms with Gasteiger partial charge in [-0.2, -0.15) is 0 Å². The Bertz CT molecular complexity index is 2840. The predicted molar refractivity (Wildman–Crippen MR) is 217 cm³/mol. The number of hydrogen-bond donors (Lipinski definition) is 0. The maximum atomic E-state index is 5.20. The molecule has 2 aromatic heterocycles. The number of fused-ring (bicyclic) bond motifs is 7. The Hall–Kier alpha value is -6.42. The van der Waals surface area contributed by atoms with Crippen LogP contribution in [-0.2, 0) is 0 Å². The van der Waals surface area contributed by atoms with E-state index in [-0.39, 0.29) is 0 Å². The smallest absolute Gasteiger partial charge is 0.160 e. The van der Waals surface area contributed by atoms with Gasteiger partial charge >= 0.3 is 0 Å². The largest absolute Gasteiger partial charge is 0.228 e. The molecule has 0 spiro atoms. The lowest BCUT2D eigenvalue weighted by Gasteiger charge is -2.13. The van der Waals surface area contributed by atoms with Crippen LogP contribution >= 0.6 is 11.3 Å². The quantitative estimate of drug-likeness (QED) is 0.171. The summed E-state index contributed by atoms with van der Waals surface area (Å²) in [6, 6.07) is 65.1. The normalized spacial score (nSPS) is 11.5. The highest BCUT2D eigenvalue weighted by molar-refractivity contribution is 7.26. The molecule has 0 aliphatic heterocycles. The van der Waals surface area contributed by atoms with Crippen molar-refractivity contribution in [3.63, 3.8) is 0 Å². The lowest BCUT2D eigenvalue weighted by atomic mass is 9.93. The van der Waals surface area contributed by atoms with E-state index in [9.17, 15) is 0 Å². The van der Waals surface area contributed by atoms with E-state index in [0.29, 0.717) is 5.82 Å². The predicted octanol–water partition coefficient (Wildman–Crippen LogP) is 13.5. The zero-order valence-electron chi connectivity index (χ0n) is 27.6. The van der Waals surface area contributed by atoms with Crippen LogP contribution in [0.3, 0.4) is 0 Å². The lowest BCUT2D eigenvalue weighted by molar-refractivity contribution is 1.18. The summed E-state index contributed by atoms with van der Waals surface area (Å²) in [4.78, 5) is 10.3. The fraction of sp³-hybridized carbons (Fsp3) is 0. The van der Waals surface area contributed by atoms with Gasteiger partial charge < -0.3 is 0 Å². The highest BCUT2D eigenvalue weighted by atomic mass is 32.1. The van der Waals surface area contributed by atoms with Gasteiger partial charge in [-0.1, -0.05) is 140 Å². The van der Waals surface area contributed by atoms with Gasteiger partial charge in [0.2, 0.25) is 0 Å². The number of hydrogen-bond acceptors (Lipinski definition) is 3. The summed E-state index contributed by atoms with van der Waals surface area (Å²) in [6.45, 7) is 0. The van der Waals surface area contributed by atoms with E-state index in [2.05, 4.69) is 158 Å². The third kappa shape index (κ3) is 5.27. The summed E-state index contributed by atoms with van der Waals surface area (Å²) in [5.41, 5.74) is 9.55. The molecule has 0 unspecified atom stereocenters. The summed E-state index contributed by atoms with van der Waals surface area (Å²) in [7, 11) is 0. The first-order valence-corrected chi connectivity index (χ1v) is 18.0. The van der Waals surface area contributed by atoms with Crippen LogP contribution in [0.15, 0.2) is 182 Å². The molecule has 0 bridgehead atoms. The molecule has 0 saturated carbocycles. The van der Waals surface area contributed by atoms with Crippen LogP contribution in [0.2, 0.25) is 0 Å². The third-order valence-electron chi connectivity index (χ3n) is 9.85. The van der Waals surface area contributed by atoms with Gasteiger partial charge in [0.25, 0.3) is 0 Å². The standard InChI is InChI=1S/C48H30N2S/c1-4-12-31(13-5-1)36-26-37(28-38(27-36)44-30-43(33-15-6-2-7-16-33)49-48(50-44)34-17-8-3-9-18-34)35-21-24-45-42(29-35)47-41-22-20-32-14-10-11-19-39(32)40(41)23-25-46(47)51-45/h1-30H. The molecule has 0 fully saturated rings. The van der Waals surface area contributed by atoms with Crippen LogP contribution in [0.25, 0.3) is 97.9 Å². The fourth-order valence-corrected chi connectivity index (χ4v) is 8.45. The summed E-state index contributed by atoms with van der Waals surface area (Å²) >= 11 is 1.87. The highest BCUT2D eigenvalue weighted by Crippen LogP contribution is 2.43. The van der Waals surface area contributed by atoms with Crippen LogP contribution in [0.1, 0.15) is 0 Å². The first kappa shape index (κ1) is 29.5. The molecule has 0 aliphatic carbocycles. The Kier molecular flexibility index (Phi) is 7.04. The number of nitrogens with zero attached hydrogens (tertiary/aromatic N) is 2. The van der Waals surface area contributed by atoms with Gasteiger partial charge in [0, 0.05) is 36.9 Å². The molecule has 0 N–H and O–H groups in total. The average molecular weight is 667 g/mol. The summed E-state index contributed by atoms with van der Waals surface area (Å²) < 4.78 is 2.61. The highest BCUT2D eigenvalue weighted by Gasteiger charge is 2.16. The molecular weight excluding hydrogens is 637 g/mol. The molecule has 3 heteroatoms. The third-order valence-corrected chi connectivity index (χ3v) is 11.0. The SMILES string of the molecule is c1ccc(-c2cc(-c3ccc4sc5ccc6c7ccccc7ccc6c5c4c3)cc(-c3cc(-c4ccccc4)nc(-c4ccccc4)n3)c2)cc1. The summed E-state index contributed by atoms with van der Waals surface area (Å²) in [5.74, 6) is 0.712. The van der Waals surface area contributed by atoms with E-state index in [1.807, 2.05) is 35.6 Å². The maximum Gasteiger partial charge on any atom is 0.160 e. The second kappa shape index (κ2) is 12.2. The van der Waals surface area contributed by atoms with Gasteiger partial charge in [0.1, 0.15) is 0 Å². The maximum absolute atomic E-state index is 5.20. The minimum atomic E-state index is 0.712. The van der Waals surface area contributed by atoms with Crippen LogP contribution in [0.5, 0.6) is 0 Å². The van der Waals surface area contributed by atoms with Crippen LogP contribution in [-0.4, -0.2) is 9.97 Å². The molecule has 0 radical (unpaired) electrons. The van der Waals surface area contributed by atoms with Gasteiger partial charge in [-0.3, -0.25) is 0 Å². The van der Waals surface area contributed by atoms with Gasteiger partial charge in [0.15, 0.2) is 5.82 Å². The van der Waals surface area contributed by atoms with Gasteiger partial charge in [-0.05, 0) is 86.3 Å². The van der Waals surface area contributed by atoms with Gasteiger partial charge in [-0.15, -0.1) is 11.3 Å². The molecule has 10 rings (SSSR count). The second-order valence-corrected chi connectivity index (χ2v) is 14.1. The number of rotatable bonds is 5. The van der Waals surface area contributed by atoms with E-state index < -0.39 is 0 Å². The van der Waals surface area contributed by atoms with Crippen molar-refractivity contribution in [3.05, 3.63) is 182 Å². The monoisotopic (exact) mass is 666 g/mol. The minimum absolute atomic E-state index is 0.712. The van der Waals surface area contributed by atoms with Crippen molar-refractivity contribution in [1.82, 2.24) is 9.97 Å². The molecule has 0 amide bonds. The van der Waals surface area contributed by atoms with Crippen LogP contribution in [0, 0.1) is 0 Å². The molecule has 2 nitrogen and oxygen atoms in total. The molecule has 2 heterocycles. The molecule has 10 aromatic rings.